The lowest BCUT2D eigenvalue weighted by Gasteiger charge is -2.23. The molecule has 5 heteroatoms. The molecule has 4 N–H and O–H groups in total. The number of primary amides is 1. The smallest absolute Gasteiger partial charge is 0.225 e. The van der Waals surface area contributed by atoms with Crippen molar-refractivity contribution >= 4 is 27.5 Å². The largest absolute Gasteiger partial charge is 0.370 e. The molecule has 1 amide bonds. The summed E-state index contributed by atoms with van der Waals surface area (Å²) in [6, 6.07) is 6.08. The van der Waals surface area contributed by atoms with Crippen LogP contribution in [0.25, 0.3) is 0 Å². The van der Waals surface area contributed by atoms with Crippen LogP contribution < -0.4 is 16.4 Å². The van der Waals surface area contributed by atoms with E-state index in [1.54, 1.807) is 0 Å². The van der Waals surface area contributed by atoms with Crippen molar-refractivity contribution in [3.05, 3.63) is 28.2 Å². The van der Waals surface area contributed by atoms with Crippen LogP contribution in [0.2, 0.25) is 0 Å². The molecule has 0 bridgehead atoms. The van der Waals surface area contributed by atoms with E-state index in [0.29, 0.717) is 13.1 Å². The monoisotopic (exact) mass is 311 g/mol. The number of hydrogen-bond donors (Lipinski definition) is 2. The quantitative estimate of drug-likeness (QED) is 0.890. The Morgan fingerprint density at radius 1 is 1.56 bits per heavy atom. The maximum Gasteiger partial charge on any atom is 0.225 e. The molecule has 0 aliphatic carbocycles. The Morgan fingerprint density at radius 3 is 2.78 bits per heavy atom. The number of amides is 1. The predicted octanol–water partition coefficient (Wildman–Crippen LogP) is 1.61. The summed E-state index contributed by atoms with van der Waals surface area (Å²) in [5, 5.41) is 0. The fourth-order valence-corrected chi connectivity index (χ4v) is 2.98. The van der Waals surface area contributed by atoms with E-state index in [1.165, 1.54) is 0 Å². The highest BCUT2D eigenvalue weighted by Crippen LogP contribution is 2.36. The second kappa shape index (κ2) is 4.90. The van der Waals surface area contributed by atoms with Crippen LogP contribution >= 0.6 is 15.9 Å². The molecule has 0 saturated carbocycles. The Morgan fingerprint density at radius 2 is 2.28 bits per heavy atom. The van der Waals surface area contributed by atoms with E-state index >= 15 is 0 Å². The van der Waals surface area contributed by atoms with Crippen molar-refractivity contribution in [1.82, 2.24) is 0 Å². The van der Waals surface area contributed by atoms with Crippen molar-refractivity contribution in [2.45, 2.75) is 19.9 Å². The zero-order valence-electron chi connectivity index (χ0n) is 10.4. The molecule has 0 radical (unpaired) electrons. The average molecular weight is 312 g/mol. The van der Waals surface area contributed by atoms with Crippen LogP contribution in [0.1, 0.15) is 18.9 Å². The van der Waals surface area contributed by atoms with E-state index in [0.717, 1.165) is 28.7 Å². The molecule has 1 aliphatic rings. The maximum atomic E-state index is 11.5. The third-order valence-electron chi connectivity index (χ3n) is 3.66. The van der Waals surface area contributed by atoms with Crippen LogP contribution in [0.5, 0.6) is 0 Å². The van der Waals surface area contributed by atoms with Gasteiger partial charge in [-0.15, -0.1) is 0 Å². The van der Waals surface area contributed by atoms with Crippen LogP contribution in [0.15, 0.2) is 22.7 Å². The summed E-state index contributed by atoms with van der Waals surface area (Å²) < 4.78 is 1.01. The Kier molecular flexibility index (Phi) is 3.64. The first-order valence-electron chi connectivity index (χ1n) is 5.99. The Hall–Kier alpha value is -1.07. The highest BCUT2D eigenvalue weighted by atomic mass is 79.9. The zero-order valence-corrected chi connectivity index (χ0v) is 12.0. The standard InChI is InChI=1S/C13H18BrN3O/c1-13(12(16)18)4-5-17(8-13)11-3-2-9(7-15)6-10(11)14/h2-3,6H,4-5,7-8,15H2,1H3,(H2,16,18). The number of anilines is 1. The van der Waals surface area contributed by atoms with Crippen LogP contribution in [0.4, 0.5) is 5.69 Å². The van der Waals surface area contributed by atoms with E-state index in [9.17, 15) is 4.79 Å². The molecule has 0 aromatic heterocycles. The summed E-state index contributed by atoms with van der Waals surface area (Å²) in [5.74, 6) is -0.222. The number of hydrogen-bond acceptors (Lipinski definition) is 3. The van der Waals surface area contributed by atoms with Crippen LogP contribution in [-0.4, -0.2) is 19.0 Å². The third-order valence-corrected chi connectivity index (χ3v) is 4.29. The molecule has 1 unspecified atom stereocenters. The second-order valence-electron chi connectivity index (χ2n) is 5.09. The normalized spacial score (nSPS) is 23.4. The Bertz CT molecular complexity index is 477. The van der Waals surface area contributed by atoms with E-state index in [2.05, 4.69) is 20.8 Å². The van der Waals surface area contributed by atoms with Gasteiger partial charge in [-0.1, -0.05) is 6.07 Å². The van der Waals surface area contributed by atoms with Gasteiger partial charge in [0.15, 0.2) is 0 Å². The Labute approximate surface area is 115 Å². The number of nitrogens with two attached hydrogens (primary N) is 2. The van der Waals surface area contributed by atoms with Crippen LogP contribution in [0.3, 0.4) is 0 Å². The average Bonchev–Trinajstić information content (AvgIpc) is 2.73. The van der Waals surface area contributed by atoms with Crippen molar-refractivity contribution in [2.75, 3.05) is 18.0 Å². The molecule has 4 nitrogen and oxygen atoms in total. The van der Waals surface area contributed by atoms with Crippen LogP contribution in [-0.2, 0) is 11.3 Å². The van der Waals surface area contributed by atoms with Gasteiger partial charge < -0.3 is 16.4 Å². The number of carbonyl (C=O) groups is 1. The zero-order chi connectivity index (χ0) is 13.3. The molecule has 1 atom stereocenters. The molecule has 1 aromatic carbocycles. The minimum Gasteiger partial charge on any atom is -0.370 e. The molecule has 1 aromatic rings. The number of halogens is 1. The molecule has 1 heterocycles. The number of nitrogens with zero attached hydrogens (tertiary/aromatic N) is 1. The summed E-state index contributed by atoms with van der Waals surface area (Å²) >= 11 is 3.56. The van der Waals surface area contributed by atoms with Crippen molar-refractivity contribution < 1.29 is 4.79 Å². The van der Waals surface area contributed by atoms with Crippen LogP contribution in [0, 0.1) is 5.41 Å². The summed E-state index contributed by atoms with van der Waals surface area (Å²) in [5.41, 5.74) is 12.8. The van der Waals surface area contributed by atoms with Crippen molar-refractivity contribution in [2.24, 2.45) is 16.9 Å². The molecule has 1 aliphatic heterocycles. The number of carbonyl (C=O) groups excluding carboxylic acids is 1. The predicted molar refractivity (Wildman–Crippen MR) is 76.2 cm³/mol. The topological polar surface area (TPSA) is 72.4 Å². The van der Waals surface area contributed by atoms with Gasteiger partial charge in [0.1, 0.15) is 0 Å². The van der Waals surface area contributed by atoms with Gasteiger partial charge in [0, 0.05) is 24.1 Å². The molecule has 0 spiro atoms. The van der Waals surface area contributed by atoms with Gasteiger partial charge in [0.05, 0.1) is 11.1 Å². The highest BCUT2D eigenvalue weighted by Gasteiger charge is 2.39. The summed E-state index contributed by atoms with van der Waals surface area (Å²) in [7, 11) is 0. The first kappa shape index (κ1) is 13.4. The van der Waals surface area contributed by atoms with Crippen molar-refractivity contribution in [3.63, 3.8) is 0 Å². The van der Waals surface area contributed by atoms with Gasteiger partial charge in [0.25, 0.3) is 0 Å². The minimum absolute atomic E-state index is 0.222. The van der Waals surface area contributed by atoms with Crippen molar-refractivity contribution in [3.8, 4) is 0 Å². The van der Waals surface area contributed by atoms with Gasteiger partial charge in [-0.05, 0) is 47.0 Å². The summed E-state index contributed by atoms with van der Waals surface area (Å²) in [6.07, 6.45) is 0.799. The van der Waals surface area contributed by atoms with E-state index in [-0.39, 0.29) is 5.91 Å². The van der Waals surface area contributed by atoms with Gasteiger partial charge in [0.2, 0.25) is 5.91 Å². The van der Waals surface area contributed by atoms with Crippen molar-refractivity contribution in [1.29, 1.82) is 0 Å². The first-order chi connectivity index (χ1) is 8.46. The number of rotatable bonds is 3. The summed E-state index contributed by atoms with van der Waals surface area (Å²) in [6.45, 7) is 3.97. The summed E-state index contributed by atoms with van der Waals surface area (Å²) in [4.78, 5) is 13.6. The second-order valence-corrected chi connectivity index (χ2v) is 5.94. The molecule has 1 saturated heterocycles. The first-order valence-corrected chi connectivity index (χ1v) is 6.79. The lowest BCUT2D eigenvalue weighted by atomic mass is 9.89. The molecule has 1 fully saturated rings. The van der Waals surface area contributed by atoms with Gasteiger partial charge >= 0.3 is 0 Å². The van der Waals surface area contributed by atoms with Gasteiger partial charge in [-0.2, -0.15) is 0 Å². The minimum atomic E-state index is -0.425. The maximum absolute atomic E-state index is 11.5. The fraction of sp³-hybridized carbons (Fsp3) is 0.462. The molecule has 98 valence electrons. The number of benzene rings is 1. The fourth-order valence-electron chi connectivity index (χ4n) is 2.30. The molecular formula is C13H18BrN3O. The highest BCUT2D eigenvalue weighted by molar-refractivity contribution is 9.10. The lowest BCUT2D eigenvalue weighted by molar-refractivity contribution is -0.125. The molecule has 18 heavy (non-hydrogen) atoms. The molecule has 2 rings (SSSR count). The lowest BCUT2D eigenvalue weighted by Crippen LogP contribution is -2.37. The third kappa shape index (κ3) is 2.37. The van der Waals surface area contributed by atoms with E-state index in [4.69, 9.17) is 11.5 Å². The van der Waals surface area contributed by atoms with E-state index < -0.39 is 5.41 Å². The van der Waals surface area contributed by atoms with E-state index in [1.807, 2.05) is 25.1 Å². The molecular weight excluding hydrogens is 294 g/mol. The van der Waals surface area contributed by atoms with Gasteiger partial charge in [-0.25, -0.2) is 0 Å². The van der Waals surface area contributed by atoms with Gasteiger partial charge in [-0.3, -0.25) is 4.79 Å². The SMILES string of the molecule is CC1(C(N)=O)CCN(c2ccc(CN)cc2Br)C1. The Balaban J connectivity index is 2.22.